The zero-order chi connectivity index (χ0) is 17.0. The number of hydrogen-bond donors (Lipinski definition) is 2. The van der Waals surface area contributed by atoms with Gasteiger partial charge in [0.2, 0.25) is 5.91 Å². The van der Waals surface area contributed by atoms with Gasteiger partial charge in [-0.2, -0.15) is 10.4 Å². The van der Waals surface area contributed by atoms with E-state index >= 15 is 0 Å². The number of nitrogens with one attached hydrogen (secondary N) is 2. The molecule has 0 spiro atoms. The van der Waals surface area contributed by atoms with E-state index < -0.39 is 4.92 Å². The fraction of sp³-hybridized carbons (Fsp3) is 0.214. The van der Waals surface area contributed by atoms with Crippen molar-refractivity contribution in [2.24, 2.45) is 7.05 Å². The average molecular weight is 314 g/mol. The molecule has 2 rings (SSSR count). The van der Waals surface area contributed by atoms with Crippen LogP contribution in [0.1, 0.15) is 16.8 Å². The van der Waals surface area contributed by atoms with E-state index in [9.17, 15) is 14.9 Å². The Morgan fingerprint density at radius 2 is 2.09 bits per heavy atom. The molecular weight excluding hydrogens is 300 g/mol. The van der Waals surface area contributed by atoms with Gasteiger partial charge in [-0.25, -0.2) is 0 Å². The molecule has 1 amide bonds. The fourth-order valence-corrected chi connectivity index (χ4v) is 2.03. The minimum Gasteiger partial charge on any atom is -0.281 e. The number of nitro benzene ring substituents is 1. The number of anilines is 1. The third kappa shape index (κ3) is 3.62. The van der Waals surface area contributed by atoms with Gasteiger partial charge in [0.05, 0.1) is 17.0 Å². The molecule has 0 bridgehead atoms. The van der Waals surface area contributed by atoms with Gasteiger partial charge in [0.25, 0.3) is 5.69 Å². The number of nitriles is 1. The highest BCUT2D eigenvalue weighted by molar-refractivity contribution is 5.80. The molecule has 9 nitrogen and oxygen atoms in total. The van der Waals surface area contributed by atoms with Crippen LogP contribution < -0.4 is 10.9 Å². The third-order valence-corrected chi connectivity index (χ3v) is 3.17. The Labute approximate surface area is 131 Å². The molecule has 0 aliphatic heterocycles. The zero-order valence-corrected chi connectivity index (χ0v) is 12.5. The number of amides is 1. The summed E-state index contributed by atoms with van der Waals surface area (Å²) in [6.07, 6.45) is 0.0454. The van der Waals surface area contributed by atoms with E-state index in [0.717, 1.165) is 0 Å². The summed E-state index contributed by atoms with van der Waals surface area (Å²) in [6.45, 7) is 1.70. The molecule has 0 radical (unpaired) electrons. The molecule has 0 fully saturated rings. The summed E-state index contributed by atoms with van der Waals surface area (Å²) < 4.78 is 1.46. The molecule has 9 heteroatoms. The average Bonchev–Trinajstić information content (AvgIpc) is 2.78. The largest absolute Gasteiger partial charge is 0.281 e. The highest BCUT2D eigenvalue weighted by Gasteiger charge is 2.13. The van der Waals surface area contributed by atoms with Crippen molar-refractivity contribution in [3.8, 4) is 6.07 Å². The summed E-state index contributed by atoms with van der Waals surface area (Å²) in [5, 5.41) is 23.7. The second-order valence-corrected chi connectivity index (χ2v) is 4.82. The molecule has 1 aromatic heterocycles. The minimum atomic E-state index is -0.500. The number of hydrazine groups is 1. The Morgan fingerprint density at radius 1 is 1.43 bits per heavy atom. The van der Waals surface area contributed by atoms with Gasteiger partial charge in [-0.15, -0.1) is 0 Å². The lowest BCUT2D eigenvalue weighted by Crippen LogP contribution is -2.32. The molecule has 2 N–H and O–H groups in total. The molecule has 2 aromatic rings. The first-order valence-electron chi connectivity index (χ1n) is 6.64. The number of nitro groups is 1. The van der Waals surface area contributed by atoms with Crippen LogP contribution in [0.5, 0.6) is 0 Å². The maximum Gasteiger partial charge on any atom is 0.269 e. The van der Waals surface area contributed by atoms with E-state index in [-0.39, 0.29) is 18.0 Å². The minimum absolute atomic E-state index is 0.0312. The van der Waals surface area contributed by atoms with E-state index in [1.807, 2.05) is 6.07 Å². The van der Waals surface area contributed by atoms with Crippen molar-refractivity contribution < 1.29 is 9.72 Å². The molecule has 0 aliphatic rings. The second-order valence-electron chi connectivity index (χ2n) is 4.82. The van der Waals surface area contributed by atoms with Gasteiger partial charge in [-0.1, -0.05) is 12.1 Å². The Morgan fingerprint density at radius 3 is 2.65 bits per heavy atom. The van der Waals surface area contributed by atoms with Crippen molar-refractivity contribution in [2.45, 2.75) is 13.3 Å². The SMILES string of the molecule is Cc1nn(C)c(NNC(=O)Cc2ccc([N+](=O)[O-])cc2)c1C#N. The molecular formula is C14H14N6O3. The van der Waals surface area contributed by atoms with Crippen LogP contribution in [0, 0.1) is 28.4 Å². The lowest BCUT2D eigenvalue weighted by atomic mass is 10.1. The smallest absolute Gasteiger partial charge is 0.269 e. The van der Waals surface area contributed by atoms with Crippen LogP contribution in [0.25, 0.3) is 0 Å². The van der Waals surface area contributed by atoms with E-state index in [0.29, 0.717) is 22.6 Å². The van der Waals surface area contributed by atoms with Crippen LogP contribution in [0.2, 0.25) is 0 Å². The molecule has 118 valence electrons. The molecule has 23 heavy (non-hydrogen) atoms. The number of benzene rings is 1. The quantitative estimate of drug-likeness (QED) is 0.630. The van der Waals surface area contributed by atoms with Gasteiger partial charge < -0.3 is 0 Å². The Hall–Kier alpha value is -3.41. The van der Waals surface area contributed by atoms with Crippen LogP contribution in [-0.4, -0.2) is 20.6 Å². The summed E-state index contributed by atoms with van der Waals surface area (Å²) in [5.74, 6) is 0.0450. The van der Waals surface area contributed by atoms with Crippen molar-refractivity contribution in [1.82, 2.24) is 15.2 Å². The molecule has 0 aliphatic carbocycles. The lowest BCUT2D eigenvalue weighted by molar-refractivity contribution is -0.384. The number of non-ortho nitro benzene ring substituents is 1. The van der Waals surface area contributed by atoms with Gasteiger partial charge in [-0.05, 0) is 12.5 Å². The first-order valence-corrected chi connectivity index (χ1v) is 6.64. The summed E-state index contributed by atoms with van der Waals surface area (Å²) >= 11 is 0. The summed E-state index contributed by atoms with van der Waals surface area (Å²) in [4.78, 5) is 22.0. The molecule has 1 heterocycles. The third-order valence-electron chi connectivity index (χ3n) is 3.17. The van der Waals surface area contributed by atoms with Gasteiger partial charge in [0, 0.05) is 19.2 Å². The van der Waals surface area contributed by atoms with Crippen LogP contribution >= 0.6 is 0 Å². The number of hydrogen-bond acceptors (Lipinski definition) is 6. The van der Waals surface area contributed by atoms with Crippen LogP contribution in [0.15, 0.2) is 24.3 Å². The van der Waals surface area contributed by atoms with E-state index in [2.05, 4.69) is 16.0 Å². The van der Waals surface area contributed by atoms with Gasteiger partial charge >= 0.3 is 0 Å². The lowest BCUT2D eigenvalue weighted by Gasteiger charge is -2.09. The molecule has 0 unspecified atom stereocenters. The van der Waals surface area contributed by atoms with Crippen molar-refractivity contribution in [2.75, 3.05) is 5.43 Å². The fourth-order valence-electron chi connectivity index (χ4n) is 2.03. The monoisotopic (exact) mass is 314 g/mol. The molecule has 0 saturated heterocycles. The van der Waals surface area contributed by atoms with Crippen LogP contribution in [-0.2, 0) is 18.3 Å². The van der Waals surface area contributed by atoms with Crippen molar-refractivity contribution in [3.05, 3.63) is 51.2 Å². The van der Waals surface area contributed by atoms with Gasteiger partial charge in [0.15, 0.2) is 5.82 Å². The van der Waals surface area contributed by atoms with E-state index in [1.54, 1.807) is 14.0 Å². The Balaban J connectivity index is 1.98. The van der Waals surface area contributed by atoms with E-state index in [4.69, 9.17) is 5.26 Å². The van der Waals surface area contributed by atoms with Gasteiger partial charge in [0.1, 0.15) is 11.6 Å². The number of aryl methyl sites for hydroxylation is 2. The number of nitrogens with zero attached hydrogens (tertiary/aromatic N) is 4. The standard InChI is InChI=1S/C14H14N6O3/c1-9-12(8-15)14(19(2)18-9)17-16-13(21)7-10-3-5-11(6-4-10)20(22)23/h3-6,17H,7H2,1-2H3,(H,16,21). The summed E-state index contributed by atoms with van der Waals surface area (Å²) in [5.41, 5.74) is 6.66. The molecule has 0 atom stereocenters. The normalized spacial score (nSPS) is 9.96. The van der Waals surface area contributed by atoms with Crippen molar-refractivity contribution >= 4 is 17.4 Å². The maximum atomic E-state index is 11.9. The molecule has 0 saturated carbocycles. The number of rotatable bonds is 5. The summed E-state index contributed by atoms with van der Waals surface area (Å²) in [7, 11) is 1.65. The van der Waals surface area contributed by atoms with Crippen LogP contribution in [0.4, 0.5) is 11.5 Å². The topological polar surface area (TPSA) is 126 Å². The Bertz CT molecular complexity index is 788. The highest BCUT2D eigenvalue weighted by atomic mass is 16.6. The summed E-state index contributed by atoms with van der Waals surface area (Å²) in [6, 6.07) is 7.74. The van der Waals surface area contributed by atoms with Crippen LogP contribution in [0.3, 0.4) is 0 Å². The van der Waals surface area contributed by atoms with Gasteiger partial charge in [-0.3, -0.25) is 30.4 Å². The maximum absolute atomic E-state index is 11.9. The first kappa shape index (κ1) is 16.0. The highest BCUT2D eigenvalue weighted by Crippen LogP contribution is 2.16. The Kier molecular flexibility index (Phi) is 4.56. The predicted molar refractivity (Wildman–Crippen MR) is 81.2 cm³/mol. The number of carbonyl (C=O) groups is 1. The van der Waals surface area contributed by atoms with Crippen molar-refractivity contribution in [3.63, 3.8) is 0 Å². The second kappa shape index (κ2) is 6.57. The van der Waals surface area contributed by atoms with Crippen molar-refractivity contribution in [1.29, 1.82) is 5.26 Å². The zero-order valence-electron chi connectivity index (χ0n) is 12.5. The molecule has 1 aromatic carbocycles. The first-order chi connectivity index (χ1) is 10.9. The van der Waals surface area contributed by atoms with E-state index in [1.165, 1.54) is 28.9 Å². The predicted octanol–water partition coefficient (Wildman–Crippen LogP) is 1.19. The number of carbonyl (C=O) groups excluding carboxylic acids is 1. The number of aromatic nitrogens is 2.